The van der Waals surface area contributed by atoms with Crippen molar-refractivity contribution in [3.8, 4) is 22.6 Å². The number of aromatic nitrogens is 6. The van der Waals surface area contributed by atoms with Crippen LogP contribution < -0.4 is 5.32 Å². The van der Waals surface area contributed by atoms with E-state index >= 15 is 0 Å². The molecule has 0 spiro atoms. The van der Waals surface area contributed by atoms with Crippen LogP contribution in [0.25, 0.3) is 50.3 Å². The first-order valence-corrected chi connectivity index (χ1v) is 10.5. The number of nitrogens with zero attached hydrogens (tertiary/aromatic N) is 4. The maximum Gasteiger partial charge on any atom is 0.178 e. The Morgan fingerprint density at radius 2 is 2.03 bits per heavy atom. The highest BCUT2D eigenvalue weighted by atomic mass is 19.1. The molecule has 6 rings (SSSR count). The van der Waals surface area contributed by atoms with Gasteiger partial charge >= 0.3 is 0 Å². The van der Waals surface area contributed by atoms with Crippen LogP contribution in [0, 0.1) is 12.7 Å². The second-order valence-corrected chi connectivity index (χ2v) is 8.03. The van der Waals surface area contributed by atoms with Crippen molar-refractivity contribution in [2.24, 2.45) is 0 Å². The Bertz CT molecular complexity index is 1490. The lowest BCUT2D eigenvalue weighted by atomic mass is 10.0. The van der Waals surface area contributed by atoms with Gasteiger partial charge in [-0.05, 0) is 60.9 Å². The zero-order valence-electron chi connectivity index (χ0n) is 17.4. The Labute approximate surface area is 182 Å². The first kappa shape index (κ1) is 18.8. The first-order valence-electron chi connectivity index (χ1n) is 10.5. The van der Waals surface area contributed by atoms with Crippen molar-refractivity contribution in [3.63, 3.8) is 0 Å². The molecule has 0 bridgehead atoms. The molecule has 0 fully saturated rings. The third-order valence-electron chi connectivity index (χ3n) is 5.81. The molecule has 1 aliphatic rings. The first-order chi connectivity index (χ1) is 15.7. The van der Waals surface area contributed by atoms with E-state index in [9.17, 15) is 4.39 Å². The molecule has 158 valence electrons. The fourth-order valence-electron chi connectivity index (χ4n) is 4.28. The molecule has 0 radical (unpaired) electrons. The van der Waals surface area contributed by atoms with Crippen molar-refractivity contribution in [2.45, 2.75) is 13.3 Å². The number of fused-ring (bicyclic) bond motifs is 2. The van der Waals surface area contributed by atoms with Crippen LogP contribution in [0.2, 0.25) is 0 Å². The van der Waals surface area contributed by atoms with Gasteiger partial charge in [-0.25, -0.2) is 14.4 Å². The molecular weight excluding hydrogens is 405 g/mol. The van der Waals surface area contributed by atoms with E-state index < -0.39 is 0 Å². The van der Waals surface area contributed by atoms with E-state index in [0.717, 1.165) is 58.3 Å². The second-order valence-electron chi connectivity index (χ2n) is 8.03. The summed E-state index contributed by atoms with van der Waals surface area (Å²) in [4.78, 5) is 17.1. The third-order valence-corrected chi connectivity index (χ3v) is 5.81. The molecule has 5 heterocycles. The van der Waals surface area contributed by atoms with Crippen molar-refractivity contribution < 1.29 is 4.39 Å². The van der Waals surface area contributed by atoms with Gasteiger partial charge in [0.2, 0.25) is 0 Å². The predicted octanol–water partition coefficient (Wildman–Crippen LogP) is 4.39. The van der Waals surface area contributed by atoms with E-state index in [-0.39, 0.29) is 5.82 Å². The minimum atomic E-state index is -0.268. The Morgan fingerprint density at radius 1 is 1.09 bits per heavy atom. The summed E-state index contributed by atoms with van der Waals surface area (Å²) in [6.45, 7) is 3.68. The Hall–Kier alpha value is -3.91. The molecule has 0 atom stereocenters. The van der Waals surface area contributed by atoms with Crippen molar-refractivity contribution in [3.05, 3.63) is 65.9 Å². The molecule has 8 heteroatoms. The summed E-state index contributed by atoms with van der Waals surface area (Å²) in [6.07, 6.45) is 6.62. The van der Waals surface area contributed by atoms with Gasteiger partial charge in [0.15, 0.2) is 11.5 Å². The van der Waals surface area contributed by atoms with Crippen LogP contribution in [0.4, 0.5) is 4.39 Å². The summed E-state index contributed by atoms with van der Waals surface area (Å²) >= 11 is 0. The lowest BCUT2D eigenvalue weighted by molar-refractivity contribution is 0.627. The molecule has 32 heavy (non-hydrogen) atoms. The van der Waals surface area contributed by atoms with Gasteiger partial charge in [0.05, 0.1) is 22.9 Å². The van der Waals surface area contributed by atoms with E-state index in [1.807, 2.05) is 25.3 Å². The lowest BCUT2D eigenvalue weighted by Crippen LogP contribution is -2.20. The van der Waals surface area contributed by atoms with Crippen molar-refractivity contribution in [1.82, 2.24) is 35.5 Å². The topological polar surface area (TPSA) is 95.2 Å². The molecule has 1 aliphatic heterocycles. The Morgan fingerprint density at radius 3 is 2.88 bits per heavy atom. The second kappa shape index (κ2) is 7.35. The molecule has 1 aromatic carbocycles. The van der Waals surface area contributed by atoms with Crippen LogP contribution in [-0.4, -0.2) is 43.2 Å². The van der Waals surface area contributed by atoms with Gasteiger partial charge in [-0.2, -0.15) is 5.10 Å². The van der Waals surface area contributed by atoms with Crippen LogP contribution in [0.1, 0.15) is 17.7 Å². The Kier molecular flexibility index (Phi) is 4.32. The average molecular weight is 425 g/mol. The number of aryl methyl sites for hydroxylation is 1. The van der Waals surface area contributed by atoms with Crippen molar-refractivity contribution >= 4 is 27.6 Å². The molecule has 4 aromatic heterocycles. The van der Waals surface area contributed by atoms with Gasteiger partial charge in [0.25, 0.3) is 0 Å². The number of hydrogen-bond acceptors (Lipinski definition) is 5. The Balaban J connectivity index is 1.49. The summed E-state index contributed by atoms with van der Waals surface area (Å²) in [5.41, 5.74) is 7.52. The number of H-pyrrole nitrogens is 2. The number of imidazole rings is 1. The minimum absolute atomic E-state index is 0.268. The summed E-state index contributed by atoms with van der Waals surface area (Å²) < 4.78 is 14.0. The lowest BCUT2D eigenvalue weighted by Gasteiger charge is -2.13. The van der Waals surface area contributed by atoms with Gasteiger partial charge in [-0.3, -0.25) is 10.1 Å². The molecule has 0 unspecified atom stereocenters. The standard InChI is InChI=1S/C24H20FN7/c1-13-8-15(10-16(25)9-13)17-4-7-27-23-21(17)29-24(30-23)22-18-11-19(14-2-5-26-6-3-14)28-12-20(18)31-32-22/h2,4,7-12,26H,3,5-6H2,1H3,(H,31,32)(H,27,29,30). The van der Waals surface area contributed by atoms with Gasteiger partial charge in [0.1, 0.15) is 11.5 Å². The summed E-state index contributed by atoms with van der Waals surface area (Å²) in [7, 11) is 0. The number of pyridine rings is 2. The molecule has 0 saturated heterocycles. The quantitative estimate of drug-likeness (QED) is 0.399. The van der Waals surface area contributed by atoms with E-state index in [1.165, 1.54) is 17.7 Å². The van der Waals surface area contributed by atoms with Crippen LogP contribution in [-0.2, 0) is 0 Å². The number of benzene rings is 1. The highest BCUT2D eigenvalue weighted by Crippen LogP contribution is 2.32. The van der Waals surface area contributed by atoms with Crippen LogP contribution in [0.5, 0.6) is 0 Å². The third kappa shape index (κ3) is 3.16. The monoisotopic (exact) mass is 425 g/mol. The van der Waals surface area contributed by atoms with Crippen LogP contribution in [0.15, 0.2) is 48.8 Å². The highest BCUT2D eigenvalue weighted by molar-refractivity contribution is 5.96. The zero-order chi connectivity index (χ0) is 21.7. The van der Waals surface area contributed by atoms with E-state index in [2.05, 4.69) is 42.6 Å². The fourth-order valence-corrected chi connectivity index (χ4v) is 4.28. The smallest absolute Gasteiger partial charge is 0.178 e. The van der Waals surface area contributed by atoms with E-state index in [0.29, 0.717) is 17.2 Å². The number of hydrogen-bond donors (Lipinski definition) is 3. The molecule has 5 aromatic rings. The maximum absolute atomic E-state index is 14.0. The van der Waals surface area contributed by atoms with E-state index in [1.54, 1.807) is 6.20 Å². The predicted molar refractivity (Wildman–Crippen MR) is 122 cm³/mol. The molecule has 0 saturated carbocycles. The molecule has 0 aliphatic carbocycles. The summed E-state index contributed by atoms with van der Waals surface area (Å²) in [6, 6.07) is 8.92. The number of aromatic amines is 2. The normalized spacial score (nSPS) is 14.2. The highest BCUT2D eigenvalue weighted by Gasteiger charge is 2.17. The molecule has 7 nitrogen and oxygen atoms in total. The van der Waals surface area contributed by atoms with Gasteiger partial charge < -0.3 is 10.3 Å². The maximum atomic E-state index is 14.0. The summed E-state index contributed by atoms with van der Waals surface area (Å²) in [5.74, 6) is 0.339. The zero-order valence-corrected chi connectivity index (χ0v) is 17.4. The number of nitrogens with one attached hydrogen (secondary N) is 3. The SMILES string of the molecule is Cc1cc(F)cc(-c2ccnc3nc(-c4n[nH]c5cnc(C6=CCNCC6)cc45)[nH]c23)c1. The van der Waals surface area contributed by atoms with Crippen LogP contribution >= 0.6 is 0 Å². The molecule has 0 amide bonds. The minimum Gasteiger partial charge on any atom is -0.335 e. The number of halogens is 1. The van der Waals surface area contributed by atoms with Crippen molar-refractivity contribution in [1.29, 1.82) is 0 Å². The van der Waals surface area contributed by atoms with Gasteiger partial charge in [-0.15, -0.1) is 0 Å². The average Bonchev–Trinajstić information content (AvgIpc) is 3.42. The van der Waals surface area contributed by atoms with Crippen molar-refractivity contribution in [2.75, 3.05) is 13.1 Å². The summed E-state index contributed by atoms with van der Waals surface area (Å²) in [5, 5.41) is 11.8. The fraction of sp³-hybridized carbons (Fsp3) is 0.167. The van der Waals surface area contributed by atoms with E-state index in [4.69, 9.17) is 4.98 Å². The van der Waals surface area contributed by atoms with Gasteiger partial charge in [0, 0.05) is 23.7 Å². The van der Waals surface area contributed by atoms with Gasteiger partial charge in [-0.1, -0.05) is 12.1 Å². The number of rotatable bonds is 3. The molecular formula is C24H20FN7. The molecule has 3 N–H and O–H groups in total. The van der Waals surface area contributed by atoms with Crippen LogP contribution in [0.3, 0.4) is 0 Å². The largest absolute Gasteiger partial charge is 0.335 e.